The number of nitrogens with two attached hydrogens (primary N) is 1. The predicted octanol–water partition coefficient (Wildman–Crippen LogP) is 5.35. The number of aliphatic hydroxyl groups excluding tert-OH is 1. The summed E-state index contributed by atoms with van der Waals surface area (Å²) in [6.45, 7) is 6.59. The van der Waals surface area contributed by atoms with Crippen LogP contribution in [0.4, 0.5) is 0 Å². The summed E-state index contributed by atoms with van der Waals surface area (Å²) >= 11 is 0. The van der Waals surface area contributed by atoms with Crippen LogP contribution in [0, 0.1) is 11.8 Å². The van der Waals surface area contributed by atoms with Gasteiger partial charge in [-0.2, -0.15) is 0 Å². The van der Waals surface area contributed by atoms with Gasteiger partial charge in [-0.25, -0.2) is 0 Å². The van der Waals surface area contributed by atoms with Crippen LogP contribution in [-0.4, -0.2) is 24.4 Å². The maximum absolute atomic E-state index is 9.53. The molecule has 0 unspecified atom stereocenters. The number of hydrogen-bond acceptors (Lipinski definition) is 3. The first kappa shape index (κ1) is 21.9. The smallest absolute Gasteiger partial charge is 0.119 e. The third kappa shape index (κ3) is 5.61. The molecule has 158 valence electrons. The lowest BCUT2D eigenvalue weighted by Gasteiger charge is -2.28. The van der Waals surface area contributed by atoms with E-state index in [0.717, 1.165) is 50.2 Å². The van der Waals surface area contributed by atoms with Crippen molar-refractivity contribution in [3.63, 3.8) is 0 Å². The minimum Gasteiger partial charge on any atom is -0.497 e. The molecule has 0 aliphatic heterocycles. The third-order valence-electron chi connectivity index (χ3n) is 6.91. The van der Waals surface area contributed by atoms with Gasteiger partial charge < -0.3 is 15.6 Å². The Kier molecular flexibility index (Phi) is 7.37. The number of benzene rings is 1. The second-order valence-corrected chi connectivity index (χ2v) is 9.02. The molecule has 0 bridgehead atoms. The topological polar surface area (TPSA) is 55.5 Å². The van der Waals surface area contributed by atoms with Crippen LogP contribution in [0.5, 0.6) is 5.75 Å². The highest BCUT2D eigenvalue weighted by atomic mass is 16.5. The van der Waals surface area contributed by atoms with E-state index in [1.165, 1.54) is 35.1 Å². The minimum absolute atomic E-state index is 0.0719. The quantitative estimate of drug-likeness (QED) is 0.654. The van der Waals surface area contributed by atoms with Gasteiger partial charge >= 0.3 is 0 Å². The lowest BCUT2D eigenvalue weighted by molar-refractivity contribution is 0.197. The fourth-order valence-electron chi connectivity index (χ4n) is 4.94. The van der Waals surface area contributed by atoms with Crippen LogP contribution in [0.15, 0.2) is 59.7 Å². The Morgan fingerprint density at radius 1 is 1.34 bits per heavy atom. The van der Waals surface area contributed by atoms with Gasteiger partial charge in [0, 0.05) is 5.54 Å². The van der Waals surface area contributed by atoms with Gasteiger partial charge in [0.05, 0.1) is 13.7 Å². The number of methoxy groups -OCH3 is 1. The number of hydrogen-bond donors (Lipinski definition) is 2. The molecule has 1 aromatic carbocycles. The van der Waals surface area contributed by atoms with Crippen LogP contribution in [0.25, 0.3) is 0 Å². The molecule has 0 aromatic heterocycles. The number of aliphatic hydroxyl groups is 1. The van der Waals surface area contributed by atoms with Crippen molar-refractivity contribution in [2.75, 3.05) is 13.7 Å². The Bertz CT molecular complexity index is 779. The number of aryl methyl sites for hydroxylation is 1. The molecular formula is C26H37NO2. The maximum atomic E-state index is 9.53. The van der Waals surface area contributed by atoms with E-state index in [4.69, 9.17) is 10.5 Å². The first-order valence-corrected chi connectivity index (χ1v) is 11.0. The van der Waals surface area contributed by atoms with Crippen molar-refractivity contribution in [2.24, 2.45) is 17.6 Å². The molecule has 0 amide bonds. The molecule has 3 heteroatoms. The van der Waals surface area contributed by atoms with Gasteiger partial charge in [0.25, 0.3) is 0 Å². The van der Waals surface area contributed by atoms with Gasteiger partial charge in [0.2, 0.25) is 0 Å². The molecule has 2 saturated carbocycles. The standard InChI is InChI=1S/C26H37NO2/c1-4-22-15-21(9-8-20-6-5-7-25(16-20)29-3)10-11-23(22)14-19(2)24-12-13-26(27,17-24)18-28/h4-7,14,16,21,24,28H,2,8-13,15,17-18,27H2,1,3H3/b22-4-,23-14-/t21-,24+,26-/m1/s1. The first-order chi connectivity index (χ1) is 14.0. The second-order valence-electron chi connectivity index (χ2n) is 9.02. The van der Waals surface area contributed by atoms with Crippen LogP contribution >= 0.6 is 0 Å². The second kappa shape index (κ2) is 9.77. The Labute approximate surface area is 176 Å². The molecule has 0 saturated heterocycles. The van der Waals surface area contributed by atoms with Crippen LogP contribution < -0.4 is 10.5 Å². The zero-order valence-electron chi connectivity index (χ0n) is 18.1. The summed E-state index contributed by atoms with van der Waals surface area (Å²) in [5.41, 5.74) is 11.3. The van der Waals surface area contributed by atoms with Gasteiger partial charge in [-0.3, -0.25) is 0 Å². The van der Waals surface area contributed by atoms with Crippen LogP contribution in [-0.2, 0) is 6.42 Å². The number of allylic oxidation sites excluding steroid dienone is 5. The zero-order chi connectivity index (χ0) is 20.9. The normalized spacial score (nSPS) is 30.1. The summed E-state index contributed by atoms with van der Waals surface area (Å²) < 4.78 is 5.35. The molecule has 0 heterocycles. The molecule has 2 aliphatic rings. The highest BCUT2D eigenvalue weighted by Crippen LogP contribution is 2.40. The van der Waals surface area contributed by atoms with Gasteiger partial charge in [-0.1, -0.05) is 36.4 Å². The van der Waals surface area contributed by atoms with E-state index in [9.17, 15) is 5.11 Å². The van der Waals surface area contributed by atoms with E-state index < -0.39 is 5.54 Å². The molecule has 29 heavy (non-hydrogen) atoms. The molecule has 2 fully saturated rings. The number of ether oxygens (including phenoxy) is 1. The largest absolute Gasteiger partial charge is 0.497 e. The van der Waals surface area contributed by atoms with E-state index in [-0.39, 0.29) is 6.61 Å². The van der Waals surface area contributed by atoms with Gasteiger partial charge in [-0.15, -0.1) is 0 Å². The average molecular weight is 396 g/mol. The Morgan fingerprint density at radius 2 is 2.17 bits per heavy atom. The van der Waals surface area contributed by atoms with E-state index in [0.29, 0.717) is 5.92 Å². The van der Waals surface area contributed by atoms with E-state index in [1.54, 1.807) is 7.11 Å². The molecule has 2 aliphatic carbocycles. The molecule has 3 N–H and O–H groups in total. The van der Waals surface area contributed by atoms with Crippen molar-refractivity contribution in [2.45, 2.75) is 63.8 Å². The summed E-state index contributed by atoms with van der Waals surface area (Å²) in [5.74, 6) is 2.08. The van der Waals surface area contributed by atoms with Gasteiger partial charge in [-0.05, 0) is 99.0 Å². The van der Waals surface area contributed by atoms with Crippen molar-refractivity contribution in [3.05, 3.63) is 65.3 Å². The summed E-state index contributed by atoms with van der Waals surface area (Å²) in [7, 11) is 1.73. The van der Waals surface area contributed by atoms with Crippen molar-refractivity contribution in [1.82, 2.24) is 0 Å². The predicted molar refractivity (Wildman–Crippen MR) is 121 cm³/mol. The maximum Gasteiger partial charge on any atom is 0.119 e. The zero-order valence-corrected chi connectivity index (χ0v) is 18.1. The molecule has 3 rings (SSSR count). The van der Waals surface area contributed by atoms with Crippen LogP contribution in [0.1, 0.15) is 57.4 Å². The minimum atomic E-state index is -0.409. The van der Waals surface area contributed by atoms with Gasteiger partial charge in [0.15, 0.2) is 0 Å². The SMILES string of the molecule is C=C(/C=C1/CC[C@@H](CCc2cccc(OC)c2)C/C1=C/C)[C@H]1CC[C@](N)(CO)C1. The molecule has 3 atom stereocenters. The van der Waals surface area contributed by atoms with Crippen LogP contribution in [0.2, 0.25) is 0 Å². The van der Waals surface area contributed by atoms with E-state index >= 15 is 0 Å². The average Bonchev–Trinajstić information content (AvgIpc) is 3.16. The molecule has 0 radical (unpaired) electrons. The fraction of sp³-hybridized carbons (Fsp3) is 0.538. The Balaban J connectivity index is 1.56. The summed E-state index contributed by atoms with van der Waals surface area (Å²) in [4.78, 5) is 0. The molecule has 0 spiro atoms. The first-order valence-electron chi connectivity index (χ1n) is 11.0. The highest BCUT2D eigenvalue weighted by Gasteiger charge is 2.36. The van der Waals surface area contributed by atoms with Crippen molar-refractivity contribution in [1.29, 1.82) is 0 Å². The lowest BCUT2D eigenvalue weighted by Crippen LogP contribution is -2.40. The summed E-state index contributed by atoms with van der Waals surface area (Å²) in [6.07, 6.45) is 13.2. The van der Waals surface area contributed by atoms with Gasteiger partial charge in [0.1, 0.15) is 5.75 Å². The van der Waals surface area contributed by atoms with E-state index in [1.807, 2.05) is 6.07 Å². The highest BCUT2D eigenvalue weighted by molar-refractivity contribution is 5.39. The van der Waals surface area contributed by atoms with Crippen LogP contribution in [0.3, 0.4) is 0 Å². The molecule has 1 aromatic rings. The molecule has 3 nitrogen and oxygen atoms in total. The van der Waals surface area contributed by atoms with Crippen molar-refractivity contribution >= 4 is 0 Å². The molecular weight excluding hydrogens is 358 g/mol. The summed E-state index contributed by atoms with van der Waals surface area (Å²) in [5, 5.41) is 9.53. The Hall–Kier alpha value is -1.84. The third-order valence-corrected chi connectivity index (χ3v) is 6.91. The number of rotatable bonds is 7. The van der Waals surface area contributed by atoms with Crippen molar-refractivity contribution < 1.29 is 9.84 Å². The summed E-state index contributed by atoms with van der Waals surface area (Å²) in [6, 6.07) is 8.43. The van der Waals surface area contributed by atoms with E-state index in [2.05, 4.69) is 43.9 Å². The fourth-order valence-corrected chi connectivity index (χ4v) is 4.94. The van der Waals surface area contributed by atoms with Crippen molar-refractivity contribution in [3.8, 4) is 5.75 Å². The monoisotopic (exact) mass is 395 g/mol. The Morgan fingerprint density at radius 3 is 2.86 bits per heavy atom. The lowest BCUT2D eigenvalue weighted by atomic mass is 9.78.